The Labute approximate surface area is 122 Å². The molecule has 4 nitrogen and oxygen atoms in total. The molecular weight excluding hydrogens is 272 g/mol. The molecule has 0 bridgehead atoms. The highest BCUT2D eigenvalue weighted by molar-refractivity contribution is 7.10. The second-order valence-electron chi connectivity index (χ2n) is 5.29. The van der Waals surface area contributed by atoms with Crippen molar-refractivity contribution >= 4 is 17.2 Å². The molecule has 2 aliphatic heterocycles. The Kier molecular flexibility index (Phi) is 4.06. The van der Waals surface area contributed by atoms with Gasteiger partial charge in [0.1, 0.15) is 6.61 Å². The van der Waals surface area contributed by atoms with E-state index in [4.69, 9.17) is 5.11 Å². The zero-order chi connectivity index (χ0) is 13.9. The van der Waals surface area contributed by atoms with Gasteiger partial charge >= 0.3 is 0 Å². The number of hydrogen-bond acceptors (Lipinski definition) is 4. The Balaban J connectivity index is 1.68. The fourth-order valence-electron chi connectivity index (χ4n) is 3.11. The van der Waals surface area contributed by atoms with Crippen LogP contribution < -0.4 is 5.32 Å². The summed E-state index contributed by atoms with van der Waals surface area (Å²) in [5, 5.41) is 13.7. The van der Waals surface area contributed by atoms with Crippen LogP contribution in [0.25, 0.3) is 0 Å². The molecule has 0 radical (unpaired) electrons. The van der Waals surface area contributed by atoms with Crippen LogP contribution >= 0.6 is 11.3 Å². The molecule has 2 fully saturated rings. The Morgan fingerprint density at radius 2 is 2.45 bits per heavy atom. The third-order valence-electron chi connectivity index (χ3n) is 4.04. The summed E-state index contributed by atoms with van der Waals surface area (Å²) < 4.78 is 0. The number of aliphatic hydroxyl groups is 1. The standard InChI is InChI=1S/C15H18N2O2S/c18-6-2-3-11-7-12(20-10-11)9-17-5-1-4-13-14(17)8-16-15(13)19/h7,10,13-14,18H,1,4-6,8-9H2,(H,16,19). The third-order valence-corrected chi connectivity index (χ3v) is 4.96. The zero-order valence-electron chi connectivity index (χ0n) is 11.3. The molecule has 2 aliphatic rings. The molecule has 3 heterocycles. The molecule has 3 rings (SSSR count). The lowest BCUT2D eigenvalue weighted by molar-refractivity contribution is -0.124. The van der Waals surface area contributed by atoms with Gasteiger partial charge in [-0.25, -0.2) is 0 Å². The van der Waals surface area contributed by atoms with Gasteiger partial charge in [0.15, 0.2) is 0 Å². The zero-order valence-corrected chi connectivity index (χ0v) is 12.1. The number of likely N-dealkylation sites (tertiary alicyclic amines) is 1. The molecule has 1 aromatic heterocycles. The Morgan fingerprint density at radius 1 is 1.55 bits per heavy atom. The normalized spacial score (nSPS) is 25.8. The molecule has 0 aliphatic carbocycles. The van der Waals surface area contributed by atoms with Crippen molar-refractivity contribution < 1.29 is 9.90 Å². The summed E-state index contributed by atoms with van der Waals surface area (Å²) in [4.78, 5) is 15.4. The number of carbonyl (C=O) groups excluding carboxylic acids is 1. The van der Waals surface area contributed by atoms with Crippen LogP contribution in [0.3, 0.4) is 0 Å². The Bertz CT molecular complexity index is 558. The minimum Gasteiger partial charge on any atom is -0.384 e. The molecule has 2 saturated heterocycles. The summed E-state index contributed by atoms with van der Waals surface area (Å²) >= 11 is 1.70. The number of rotatable bonds is 2. The number of fused-ring (bicyclic) bond motifs is 1. The smallest absolute Gasteiger partial charge is 0.224 e. The molecule has 106 valence electrons. The maximum absolute atomic E-state index is 11.8. The van der Waals surface area contributed by atoms with Crippen molar-refractivity contribution in [2.75, 3.05) is 19.7 Å². The van der Waals surface area contributed by atoms with Gasteiger partial charge in [0.2, 0.25) is 5.91 Å². The van der Waals surface area contributed by atoms with E-state index in [0.717, 1.165) is 38.0 Å². The Morgan fingerprint density at radius 3 is 3.30 bits per heavy atom. The van der Waals surface area contributed by atoms with Crippen molar-refractivity contribution in [3.8, 4) is 11.8 Å². The molecule has 2 unspecified atom stereocenters. The van der Waals surface area contributed by atoms with Gasteiger partial charge in [0.25, 0.3) is 0 Å². The topological polar surface area (TPSA) is 52.6 Å². The van der Waals surface area contributed by atoms with Crippen molar-refractivity contribution in [3.05, 3.63) is 21.9 Å². The van der Waals surface area contributed by atoms with Crippen LogP contribution in [0, 0.1) is 17.8 Å². The number of thiophene rings is 1. The number of nitrogens with one attached hydrogen (secondary N) is 1. The van der Waals surface area contributed by atoms with E-state index in [2.05, 4.69) is 28.1 Å². The number of hydrogen-bond donors (Lipinski definition) is 2. The lowest BCUT2D eigenvalue weighted by Crippen LogP contribution is -2.44. The number of amides is 1. The molecule has 1 amide bonds. The average molecular weight is 290 g/mol. The third kappa shape index (κ3) is 2.73. The van der Waals surface area contributed by atoms with Crippen LogP contribution in [-0.2, 0) is 11.3 Å². The molecule has 2 atom stereocenters. The van der Waals surface area contributed by atoms with Gasteiger partial charge < -0.3 is 10.4 Å². The summed E-state index contributed by atoms with van der Waals surface area (Å²) in [6.07, 6.45) is 2.11. The van der Waals surface area contributed by atoms with Crippen molar-refractivity contribution in [1.29, 1.82) is 0 Å². The van der Waals surface area contributed by atoms with Gasteiger partial charge in [0.05, 0.1) is 5.92 Å². The predicted molar refractivity (Wildman–Crippen MR) is 78.2 cm³/mol. The highest BCUT2D eigenvalue weighted by atomic mass is 32.1. The summed E-state index contributed by atoms with van der Waals surface area (Å²) in [6, 6.07) is 2.44. The number of nitrogens with zero attached hydrogens (tertiary/aromatic N) is 1. The maximum atomic E-state index is 11.8. The first kappa shape index (κ1) is 13.6. The number of carbonyl (C=O) groups is 1. The van der Waals surface area contributed by atoms with Crippen LogP contribution in [0.1, 0.15) is 23.3 Å². The first-order chi connectivity index (χ1) is 9.78. The van der Waals surface area contributed by atoms with Crippen LogP contribution in [-0.4, -0.2) is 41.7 Å². The van der Waals surface area contributed by atoms with Gasteiger partial charge in [-0.3, -0.25) is 9.69 Å². The van der Waals surface area contributed by atoms with Gasteiger partial charge in [-0.1, -0.05) is 11.8 Å². The van der Waals surface area contributed by atoms with Crippen molar-refractivity contribution in [1.82, 2.24) is 10.2 Å². The second kappa shape index (κ2) is 5.96. The number of piperidine rings is 1. The molecule has 2 N–H and O–H groups in total. The van der Waals surface area contributed by atoms with Crippen molar-refractivity contribution in [3.63, 3.8) is 0 Å². The van der Waals surface area contributed by atoms with Gasteiger partial charge in [-0.05, 0) is 25.5 Å². The molecule has 20 heavy (non-hydrogen) atoms. The van der Waals surface area contributed by atoms with Crippen molar-refractivity contribution in [2.45, 2.75) is 25.4 Å². The number of aliphatic hydroxyl groups excluding tert-OH is 1. The van der Waals surface area contributed by atoms with E-state index in [-0.39, 0.29) is 18.4 Å². The van der Waals surface area contributed by atoms with Crippen LogP contribution in [0.2, 0.25) is 0 Å². The highest BCUT2D eigenvalue weighted by Gasteiger charge is 2.40. The SMILES string of the molecule is O=C1NCC2C1CCCN2Cc1cc(C#CCO)cs1. The predicted octanol–water partition coefficient (Wildman–Crippen LogP) is 0.802. The molecular formula is C15H18N2O2S. The molecule has 5 heteroatoms. The lowest BCUT2D eigenvalue weighted by Gasteiger charge is -2.35. The van der Waals surface area contributed by atoms with Crippen molar-refractivity contribution in [2.24, 2.45) is 5.92 Å². The average Bonchev–Trinajstić information content (AvgIpc) is 3.05. The molecule has 0 saturated carbocycles. The highest BCUT2D eigenvalue weighted by Crippen LogP contribution is 2.29. The Hall–Kier alpha value is -1.35. The fourth-order valence-corrected chi connectivity index (χ4v) is 3.95. The second-order valence-corrected chi connectivity index (χ2v) is 6.29. The lowest BCUT2D eigenvalue weighted by atomic mass is 9.91. The van der Waals surface area contributed by atoms with Gasteiger partial charge in [-0.2, -0.15) is 0 Å². The van der Waals surface area contributed by atoms with Crippen LogP contribution in [0.15, 0.2) is 11.4 Å². The summed E-state index contributed by atoms with van der Waals surface area (Å²) in [7, 11) is 0. The van der Waals surface area contributed by atoms with Crippen LogP contribution in [0.5, 0.6) is 0 Å². The minimum absolute atomic E-state index is 0.102. The maximum Gasteiger partial charge on any atom is 0.224 e. The van der Waals surface area contributed by atoms with Crippen LogP contribution in [0.4, 0.5) is 0 Å². The summed E-state index contributed by atoms with van der Waals surface area (Å²) in [5.74, 6) is 6.00. The minimum atomic E-state index is -0.102. The van der Waals surface area contributed by atoms with E-state index >= 15 is 0 Å². The van der Waals surface area contributed by atoms with E-state index in [0.29, 0.717) is 6.04 Å². The fraction of sp³-hybridized carbons (Fsp3) is 0.533. The quantitative estimate of drug-likeness (QED) is 0.792. The van der Waals surface area contributed by atoms with E-state index < -0.39 is 0 Å². The van der Waals surface area contributed by atoms with Gasteiger partial charge in [-0.15, -0.1) is 11.3 Å². The van der Waals surface area contributed by atoms with Gasteiger partial charge in [0, 0.05) is 35.0 Å². The first-order valence-electron chi connectivity index (χ1n) is 6.97. The van der Waals surface area contributed by atoms with E-state index in [1.165, 1.54) is 4.88 Å². The largest absolute Gasteiger partial charge is 0.384 e. The monoisotopic (exact) mass is 290 g/mol. The van der Waals surface area contributed by atoms with E-state index in [1.54, 1.807) is 11.3 Å². The summed E-state index contributed by atoms with van der Waals surface area (Å²) in [6.45, 7) is 2.63. The molecule has 0 aromatic carbocycles. The van der Waals surface area contributed by atoms with E-state index in [9.17, 15) is 4.79 Å². The molecule has 1 aromatic rings. The summed E-state index contributed by atoms with van der Waals surface area (Å²) in [5.41, 5.74) is 0.966. The first-order valence-corrected chi connectivity index (χ1v) is 7.85. The molecule has 0 spiro atoms. The van der Waals surface area contributed by atoms with E-state index in [1.807, 2.05) is 5.38 Å².